The predicted octanol–water partition coefficient (Wildman–Crippen LogP) is 3.33. The summed E-state index contributed by atoms with van der Waals surface area (Å²) in [6, 6.07) is 13.5. The topological polar surface area (TPSA) is 59.1 Å². The highest BCUT2D eigenvalue weighted by Gasteiger charge is 2.32. The minimum Gasteiger partial charge on any atom is -0.483 e. The van der Waals surface area contributed by atoms with E-state index in [4.69, 9.17) is 9.47 Å². The first kappa shape index (κ1) is 20.3. The zero-order chi connectivity index (χ0) is 21.3. The highest BCUT2D eigenvalue weighted by molar-refractivity contribution is 5.94. The monoisotopic (exact) mass is 408 g/mol. The molecule has 1 saturated heterocycles. The Labute approximate surface area is 177 Å². The van der Waals surface area contributed by atoms with Crippen LogP contribution in [0.5, 0.6) is 11.5 Å². The Bertz CT molecular complexity index is 944. The molecule has 158 valence electrons. The largest absolute Gasteiger partial charge is 0.483 e. The zero-order valence-electron chi connectivity index (χ0n) is 17.8. The summed E-state index contributed by atoms with van der Waals surface area (Å²) in [6.45, 7) is 8.47. The quantitative estimate of drug-likeness (QED) is 0.711. The van der Waals surface area contributed by atoms with Gasteiger partial charge in [-0.3, -0.25) is 9.59 Å². The SMILES string of the molecule is CC(=O)c1ccc(N2CCN(C(=O)COc3cccc4c3OC(C)(C)C4)CC2)cc1. The molecular weight excluding hydrogens is 380 g/mol. The fourth-order valence-electron chi connectivity index (χ4n) is 4.05. The van der Waals surface area contributed by atoms with Gasteiger partial charge in [0.05, 0.1) is 0 Å². The highest BCUT2D eigenvalue weighted by Crippen LogP contribution is 2.41. The van der Waals surface area contributed by atoms with Crippen molar-refractivity contribution in [2.45, 2.75) is 32.8 Å². The van der Waals surface area contributed by atoms with E-state index in [-0.39, 0.29) is 23.9 Å². The van der Waals surface area contributed by atoms with Crippen LogP contribution in [-0.2, 0) is 11.2 Å². The Morgan fingerprint density at radius 2 is 1.73 bits per heavy atom. The number of ether oxygens (including phenoxy) is 2. The second-order valence-corrected chi connectivity index (χ2v) is 8.54. The molecule has 6 nitrogen and oxygen atoms in total. The van der Waals surface area contributed by atoms with Crippen LogP contribution in [-0.4, -0.2) is 55.0 Å². The number of hydrogen-bond donors (Lipinski definition) is 0. The molecule has 2 heterocycles. The zero-order valence-corrected chi connectivity index (χ0v) is 17.8. The Hall–Kier alpha value is -3.02. The second-order valence-electron chi connectivity index (χ2n) is 8.54. The number of carbonyl (C=O) groups is 2. The van der Waals surface area contributed by atoms with Crippen LogP contribution in [0.4, 0.5) is 5.69 Å². The molecule has 0 radical (unpaired) electrons. The molecule has 0 unspecified atom stereocenters. The lowest BCUT2D eigenvalue weighted by atomic mass is 10.0. The minimum absolute atomic E-state index is 0.00749. The van der Waals surface area contributed by atoms with Crippen LogP contribution in [0.15, 0.2) is 42.5 Å². The summed E-state index contributed by atoms with van der Waals surface area (Å²) in [5.41, 5.74) is 2.66. The molecule has 2 aliphatic heterocycles. The van der Waals surface area contributed by atoms with Crippen LogP contribution in [0.1, 0.15) is 36.7 Å². The lowest BCUT2D eigenvalue weighted by Crippen LogP contribution is -2.50. The number of Topliss-reactive ketones (excluding diaryl/α,β-unsaturated/α-hetero) is 1. The number of rotatable bonds is 5. The summed E-state index contributed by atoms with van der Waals surface area (Å²) in [6.07, 6.45) is 0.836. The van der Waals surface area contributed by atoms with Gasteiger partial charge in [0.15, 0.2) is 23.9 Å². The smallest absolute Gasteiger partial charge is 0.260 e. The van der Waals surface area contributed by atoms with Crippen molar-refractivity contribution in [2.24, 2.45) is 0 Å². The molecule has 0 aromatic heterocycles. The first-order valence-electron chi connectivity index (χ1n) is 10.4. The van der Waals surface area contributed by atoms with Crippen molar-refractivity contribution >= 4 is 17.4 Å². The van der Waals surface area contributed by atoms with Crippen LogP contribution in [0.2, 0.25) is 0 Å². The number of anilines is 1. The minimum atomic E-state index is -0.245. The van der Waals surface area contributed by atoms with E-state index >= 15 is 0 Å². The van der Waals surface area contributed by atoms with Crippen molar-refractivity contribution in [3.05, 3.63) is 53.6 Å². The van der Waals surface area contributed by atoms with Gasteiger partial charge in [-0.15, -0.1) is 0 Å². The summed E-state index contributed by atoms with van der Waals surface area (Å²) in [4.78, 5) is 28.2. The van der Waals surface area contributed by atoms with Crippen LogP contribution in [0.25, 0.3) is 0 Å². The summed E-state index contributed by atoms with van der Waals surface area (Å²) in [5, 5.41) is 0. The van der Waals surface area contributed by atoms with Gasteiger partial charge in [-0.05, 0) is 51.1 Å². The number of nitrogens with zero attached hydrogens (tertiary/aromatic N) is 2. The predicted molar refractivity (Wildman–Crippen MR) is 116 cm³/mol. The average Bonchev–Trinajstić information content (AvgIpc) is 3.06. The molecule has 0 atom stereocenters. The molecule has 0 aliphatic carbocycles. The fourth-order valence-corrected chi connectivity index (χ4v) is 4.05. The van der Waals surface area contributed by atoms with Gasteiger partial charge in [0.1, 0.15) is 5.60 Å². The van der Waals surface area contributed by atoms with E-state index in [1.807, 2.05) is 47.4 Å². The molecule has 0 saturated carbocycles. The van der Waals surface area contributed by atoms with Crippen molar-refractivity contribution < 1.29 is 19.1 Å². The van der Waals surface area contributed by atoms with Gasteiger partial charge in [0.25, 0.3) is 5.91 Å². The maximum Gasteiger partial charge on any atom is 0.260 e. The number of carbonyl (C=O) groups excluding carboxylic acids is 2. The van der Waals surface area contributed by atoms with Gasteiger partial charge in [0, 0.05) is 49.4 Å². The number of benzene rings is 2. The Balaban J connectivity index is 1.30. The average molecular weight is 408 g/mol. The second kappa shape index (κ2) is 8.01. The Morgan fingerprint density at radius 3 is 2.40 bits per heavy atom. The van der Waals surface area contributed by atoms with E-state index in [0.717, 1.165) is 36.5 Å². The normalized spacial score (nSPS) is 17.3. The molecule has 6 heteroatoms. The van der Waals surface area contributed by atoms with Crippen LogP contribution < -0.4 is 14.4 Å². The maximum atomic E-state index is 12.7. The molecule has 0 N–H and O–H groups in total. The number of piperazine rings is 1. The maximum absolute atomic E-state index is 12.7. The Kier molecular flexibility index (Phi) is 5.41. The van der Waals surface area contributed by atoms with E-state index in [0.29, 0.717) is 24.4 Å². The van der Waals surface area contributed by atoms with Gasteiger partial charge >= 0.3 is 0 Å². The van der Waals surface area contributed by atoms with Crippen molar-refractivity contribution in [1.82, 2.24) is 4.90 Å². The summed E-state index contributed by atoms with van der Waals surface area (Å²) in [7, 11) is 0. The number of amides is 1. The van der Waals surface area contributed by atoms with E-state index in [1.54, 1.807) is 6.92 Å². The first-order valence-corrected chi connectivity index (χ1v) is 10.4. The molecule has 1 fully saturated rings. The lowest BCUT2D eigenvalue weighted by molar-refractivity contribution is -0.133. The highest BCUT2D eigenvalue weighted by atomic mass is 16.5. The van der Waals surface area contributed by atoms with E-state index in [2.05, 4.69) is 18.7 Å². The first-order chi connectivity index (χ1) is 14.3. The van der Waals surface area contributed by atoms with Gasteiger partial charge in [-0.25, -0.2) is 0 Å². The fraction of sp³-hybridized carbons (Fsp3) is 0.417. The summed E-state index contributed by atoms with van der Waals surface area (Å²) < 4.78 is 11.9. The van der Waals surface area contributed by atoms with Crippen molar-refractivity contribution in [2.75, 3.05) is 37.7 Å². The van der Waals surface area contributed by atoms with Crippen LogP contribution in [0, 0.1) is 0 Å². The van der Waals surface area contributed by atoms with Gasteiger partial charge in [-0.1, -0.05) is 12.1 Å². The third-order valence-electron chi connectivity index (χ3n) is 5.68. The molecule has 0 spiro atoms. The standard InChI is InChI=1S/C24H28N2O4/c1-17(27)18-7-9-20(10-8-18)25-11-13-26(14-12-25)22(28)16-29-21-6-4-5-19-15-24(2,3)30-23(19)21/h4-10H,11-16H2,1-3H3. The molecule has 2 aromatic carbocycles. The summed E-state index contributed by atoms with van der Waals surface area (Å²) in [5.74, 6) is 1.44. The molecule has 1 amide bonds. The number of para-hydroxylation sites is 1. The number of hydrogen-bond acceptors (Lipinski definition) is 5. The van der Waals surface area contributed by atoms with E-state index < -0.39 is 0 Å². The molecule has 0 bridgehead atoms. The van der Waals surface area contributed by atoms with Gasteiger partial charge in [-0.2, -0.15) is 0 Å². The van der Waals surface area contributed by atoms with Crippen molar-refractivity contribution in [3.8, 4) is 11.5 Å². The van der Waals surface area contributed by atoms with Crippen LogP contribution >= 0.6 is 0 Å². The molecular formula is C24H28N2O4. The van der Waals surface area contributed by atoms with Gasteiger partial charge in [0.2, 0.25) is 0 Å². The lowest BCUT2D eigenvalue weighted by Gasteiger charge is -2.36. The molecule has 2 aliphatic rings. The van der Waals surface area contributed by atoms with Gasteiger partial charge < -0.3 is 19.3 Å². The Morgan fingerprint density at radius 1 is 1.03 bits per heavy atom. The molecule has 4 rings (SSSR count). The third-order valence-corrected chi connectivity index (χ3v) is 5.68. The number of fused-ring (bicyclic) bond motifs is 1. The number of ketones is 1. The summed E-state index contributed by atoms with van der Waals surface area (Å²) >= 11 is 0. The van der Waals surface area contributed by atoms with Crippen molar-refractivity contribution in [1.29, 1.82) is 0 Å². The third kappa shape index (κ3) is 4.27. The molecule has 2 aromatic rings. The molecule has 30 heavy (non-hydrogen) atoms. The van der Waals surface area contributed by atoms with E-state index in [9.17, 15) is 9.59 Å². The van der Waals surface area contributed by atoms with Crippen LogP contribution in [0.3, 0.4) is 0 Å². The van der Waals surface area contributed by atoms with Crippen molar-refractivity contribution in [3.63, 3.8) is 0 Å². The van der Waals surface area contributed by atoms with E-state index in [1.165, 1.54) is 0 Å².